The Morgan fingerprint density at radius 1 is 1.38 bits per heavy atom. The molecule has 2 aromatic rings. The van der Waals surface area contributed by atoms with Gasteiger partial charge in [-0.1, -0.05) is 0 Å². The van der Waals surface area contributed by atoms with Crippen LogP contribution >= 0.6 is 11.5 Å². The molecular formula is C15H19N7OS. The minimum Gasteiger partial charge on any atom is -0.384 e. The van der Waals surface area contributed by atoms with E-state index in [9.17, 15) is 5.26 Å². The monoisotopic (exact) mass is 345 g/mol. The Kier molecular flexibility index (Phi) is 5.17. The molecule has 126 valence electrons. The summed E-state index contributed by atoms with van der Waals surface area (Å²) in [5, 5.41) is 10.1. The summed E-state index contributed by atoms with van der Waals surface area (Å²) in [7, 11) is 1.68. The van der Waals surface area contributed by atoms with Gasteiger partial charge >= 0.3 is 0 Å². The van der Waals surface area contributed by atoms with Gasteiger partial charge < -0.3 is 14.5 Å². The van der Waals surface area contributed by atoms with Gasteiger partial charge in [-0.15, -0.1) is 0 Å². The molecule has 0 aromatic carbocycles. The predicted octanol–water partition coefficient (Wildman–Crippen LogP) is 1.10. The van der Waals surface area contributed by atoms with Gasteiger partial charge in [0, 0.05) is 63.1 Å². The van der Waals surface area contributed by atoms with Gasteiger partial charge in [0.05, 0.1) is 6.61 Å². The minimum atomic E-state index is 0.246. The van der Waals surface area contributed by atoms with Crippen LogP contribution in [0.3, 0.4) is 0 Å². The number of hydrogen-bond donors (Lipinski definition) is 0. The van der Waals surface area contributed by atoms with E-state index in [0.717, 1.165) is 37.0 Å². The zero-order valence-electron chi connectivity index (χ0n) is 13.7. The van der Waals surface area contributed by atoms with E-state index >= 15 is 0 Å². The van der Waals surface area contributed by atoms with Gasteiger partial charge in [0.2, 0.25) is 5.13 Å². The van der Waals surface area contributed by atoms with Crippen LogP contribution in [-0.2, 0) is 11.2 Å². The van der Waals surface area contributed by atoms with Gasteiger partial charge in [-0.05, 0) is 6.92 Å². The van der Waals surface area contributed by atoms with E-state index in [4.69, 9.17) is 4.74 Å². The van der Waals surface area contributed by atoms with Crippen molar-refractivity contribution in [1.29, 1.82) is 5.26 Å². The molecule has 0 aliphatic carbocycles. The lowest BCUT2D eigenvalue weighted by Gasteiger charge is -2.40. The topological polar surface area (TPSA) is 91.1 Å². The number of ether oxygens (including phenoxy) is 1. The summed E-state index contributed by atoms with van der Waals surface area (Å²) in [5.74, 6) is 1.48. The molecule has 1 aliphatic rings. The van der Waals surface area contributed by atoms with Crippen LogP contribution in [0.4, 0.5) is 10.9 Å². The molecule has 8 nitrogen and oxygen atoms in total. The number of anilines is 2. The lowest BCUT2D eigenvalue weighted by atomic mass is 10.2. The highest BCUT2D eigenvalue weighted by Gasteiger charge is 2.28. The van der Waals surface area contributed by atoms with Crippen LogP contribution in [0.1, 0.15) is 18.4 Å². The second kappa shape index (κ2) is 7.51. The SMILES string of the molecule is COCCc1nsc(N2CCN(c3nccnc3C#N)CC2C)n1. The van der Waals surface area contributed by atoms with Crippen molar-refractivity contribution < 1.29 is 4.74 Å². The highest BCUT2D eigenvalue weighted by molar-refractivity contribution is 7.09. The van der Waals surface area contributed by atoms with Gasteiger partial charge in [0.15, 0.2) is 11.5 Å². The Hall–Kier alpha value is -2.31. The molecule has 1 fully saturated rings. The molecule has 3 heterocycles. The second-order valence-corrected chi connectivity index (χ2v) is 6.30. The van der Waals surface area contributed by atoms with Gasteiger partial charge in [0.25, 0.3) is 0 Å². The van der Waals surface area contributed by atoms with Crippen LogP contribution in [0.25, 0.3) is 0 Å². The van der Waals surface area contributed by atoms with Crippen molar-refractivity contribution in [2.45, 2.75) is 19.4 Å². The number of methoxy groups -OCH3 is 1. The molecule has 0 radical (unpaired) electrons. The zero-order chi connectivity index (χ0) is 16.9. The number of nitrogens with zero attached hydrogens (tertiary/aromatic N) is 7. The summed E-state index contributed by atoms with van der Waals surface area (Å²) in [6.07, 6.45) is 3.90. The Labute approximate surface area is 144 Å². The van der Waals surface area contributed by atoms with Gasteiger partial charge in [-0.3, -0.25) is 0 Å². The van der Waals surface area contributed by atoms with Crippen molar-refractivity contribution >= 4 is 22.5 Å². The van der Waals surface area contributed by atoms with Crippen LogP contribution in [0.2, 0.25) is 0 Å². The van der Waals surface area contributed by atoms with Crippen LogP contribution in [0, 0.1) is 11.3 Å². The summed E-state index contributed by atoms with van der Waals surface area (Å²) in [4.78, 5) is 17.4. The van der Waals surface area contributed by atoms with Crippen molar-refractivity contribution in [1.82, 2.24) is 19.3 Å². The molecule has 24 heavy (non-hydrogen) atoms. The lowest BCUT2D eigenvalue weighted by Crippen LogP contribution is -2.52. The summed E-state index contributed by atoms with van der Waals surface area (Å²) < 4.78 is 9.47. The van der Waals surface area contributed by atoms with Crippen molar-refractivity contribution in [3.63, 3.8) is 0 Å². The van der Waals surface area contributed by atoms with Crippen molar-refractivity contribution in [2.75, 3.05) is 43.2 Å². The Morgan fingerprint density at radius 2 is 2.21 bits per heavy atom. The number of nitriles is 1. The van der Waals surface area contributed by atoms with Crippen LogP contribution in [0.15, 0.2) is 12.4 Å². The van der Waals surface area contributed by atoms with E-state index in [1.165, 1.54) is 11.5 Å². The van der Waals surface area contributed by atoms with Crippen molar-refractivity contribution in [2.24, 2.45) is 0 Å². The maximum atomic E-state index is 9.20. The van der Waals surface area contributed by atoms with E-state index < -0.39 is 0 Å². The van der Waals surface area contributed by atoms with Gasteiger partial charge in [-0.25, -0.2) is 15.0 Å². The van der Waals surface area contributed by atoms with E-state index in [0.29, 0.717) is 18.1 Å². The van der Waals surface area contributed by atoms with Crippen molar-refractivity contribution in [3.05, 3.63) is 23.9 Å². The molecular weight excluding hydrogens is 326 g/mol. The fraction of sp³-hybridized carbons (Fsp3) is 0.533. The third kappa shape index (κ3) is 3.44. The van der Waals surface area contributed by atoms with E-state index in [2.05, 4.69) is 42.1 Å². The molecule has 0 N–H and O–H groups in total. The molecule has 1 saturated heterocycles. The van der Waals surface area contributed by atoms with E-state index in [1.807, 2.05) is 0 Å². The summed E-state index contributed by atoms with van der Waals surface area (Å²) in [5.41, 5.74) is 0.371. The summed E-state index contributed by atoms with van der Waals surface area (Å²) in [6.45, 7) is 5.11. The highest BCUT2D eigenvalue weighted by atomic mass is 32.1. The molecule has 0 bridgehead atoms. The smallest absolute Gasteiger partial charge is 0.205 e. The molecule has 0 spiro atoms. The molecule has 1 unspecified atom stereocenters. The first kappa shape index (κ1) is 16.5. The van der Waals surface area contributed by atoms with Gasteiger partial charge in [-0.2, -0.15) is 9.64 Å². The predicted molar refractivity (Wildman–Crippen MR) is 91.3 cm³/mol. The minimum absolute atomic E-state index is 0.246. The van der Waals surface area contributed by atoms with E-state index in [-0.39, 0.29) is 6.04 Å². The first-order chi connectivity index (χ1) is 11.7. The fourth-order valence-electron chi connectivity index (χ4n) is 2.73. The first-order valence-electron chi connectivity index (χ1n) is 7.77. The second-order valence-electron chi connectivity index (χ2n) is 5.56. The molecule has 2 aromatic heterocycles. The Morgan fingerprint density at radius 3 is 2.96 bits per heavy atom. The fourth-order valence-corrected chi connectivity index (χ4v) is 3.57. The molecule has 1 atom stereocenters. The third-order valence-electron chi connectivity index (χ3n) is 3.94. The summed E-state index contributed by atoms with van der Waals surface area (Å²) in [6, 6.07) is 2.36. The zero-order valence-corrected chi connectivity index (χ0v) is 14.5. The molecule has 9 heteroatoms. The van der Waals surface area contributed by atoms with Crippen LogP contribution in [-0.4, -0.2) is 58.7 Å². The average Bonchev–Trinajstić information content (AvgIpc) is 3.08. The number of rotatable bonds is 5. The lowest BCUT2D eigenvalue weighted by molar-refractivity contribution is 0.201. The standard InChI is InChI=1S/C15H19N7OS/c1-11-10-21(14-12(9-16)17-4-5-18-14)6-7-22(11)15-19-13(20-24-15)3-8-23-2/h4-5,11H,3,6-8,10H2,1-2H3. The van der Waals surface area contributed by atoms with Crippen LogP contribution in [0.5, 0.6) is 0 Å². The van der Waals surface area contributed by atoms with E-state index in [1.54, 1.807) is 19.5 Å². The summed E-state index contributed by atoms with van der Waals surface area (Å²) >= 11 is 1.43. The third-order valence-corrected chi connectivity index (χ3v) is 4.74. The highest BCUT2D eigenvalue weighted by Crippen LogP contribution is 2.25. The first-order valence-corrected chi connectivity index (χ1v) is 8.54. The number of aromatic nitrogens is 4. The molecule has 0 saturated carbocycles. The number of piperazine rings is 1. The normalized spacial score (nSPS) is 17.8. The Bertz CT molecular complexity index is 729. The Balaban J connectivity index is 1.69. The number of hydrogen-bond acceptors (Lipinski definition) is 9. The maximum Gasteiger partial charge on any atom is 0.205 e. The quantitative estimate of drug-likeness (QED) is 0.796. The largest absolute Gasteiger partial charge is 0.384 e. The molecule has 0 amide bonds. The molecule has 1 aliphatic heterocycles. The van der Waals surface area contributed by atoms with Crippen molar-refractivity contribution in [3.8, 4) is 6.07 Å². The molecule has 3 rings (SSSR count). The average molecular weight is 345 g/mol. The maximum absolute atomic E-state index is 9.20. The van der Waals surface area contributed by atoms with Gasteiger partial charge in [0.1, 0.15) is 11.9 Å². The van der Waals surface area contributed by atoms with Crippen LogP contribution < -0.4 is 9.80 Å².